The van der Waals surface area contributed by atoms with E-state index in [1.165, 1.54) is 45.0 Å². The number of carbonyl (C=O) groups excluding carboxylic acids is 6. The van der Waals surface area contributed by atoms with Gasteiger partial charge in [0.15, 0.2) is 31.9 Å². The second-order valence-electron chi connectivity index (χ2n) is 36.8. The van der Waals surface area contributed by atoms with Crippen LogP contribution in [-0.2, 0) is 60.8 Å². The molecule has 10 aromatic carbocycles. The predicted octanol–water partition coefficient (Wildman–Crippen LogP) is 17.5. The van der Waals surface area contributed by atoms with Crippen LogP contribution in [0.15, 0.2) is 231 Å². The number of aromatic nitrogens is 5. The highest BCUT2D eigenvalue weighted by molar-refractivity contribution is 7.80. The number of imide groups is 1. The second kappa shape index (κ2) is 38.2. The summed E-state index contributed by atoms with van der Waals surface area (Å²) in [5.41, 5.74) is 20.7. The second-order valence-corrected chi connectivity index (χ2v) is 38.2. The molecule has 25 rings (SSSR count). The molecule has 27 nitrogen and oxygen atoms in total. The highest BCUT2D eigenvalue weighted by Gasteiger charge is 2.57. The van der Waals surface area contributed by atoms with Gasteiger partial charge in [0, 0.05) is 163 Å². The van der Waals surface area contributed by atoms with Gasteiger partial charge in [0.05, 0.1) is 59.7 Å². The van der Waals surface area contributed by atoms with E-state index in [1.807, 2.05) is 157 Å². The summed E-state index contributed by atoms with van der Waals surface area (Å²) in [6, 6.07) is 70.0. The summed E-state index contributed by atoms with van der Waals surface area (Å²) in [4.78, 5) is 114. The van der Waals surface area contributed by atoms with Crippen molar-refractivity contribution in [2.24, 2.45) is 0 Å². The van der Waals surface area contributed by atoms with Crippen LogP contribution in [0.1, 0.15) is 135 Å². The molecule has 0 aliphatic carbocycles. The van der Waals surface area contributed by atoms with Crippen molar-refractivity contribution in [3.8, 4) is 28.7 Å². The fourth-order valence-electron chi connectivity index (χ4n) is 22.8. The Morgan fingerprint density at radius 3 is 1.00 bits per heavy atom. The lowest BCUT2D eigenvalue weighted by Crippen LogP contribution is -2.44. The molecule has 33 heteroatoms. The number of H-pyrrole nitrogens is 5. The Morgan fingerprint density at radius 2 is 0.643 bits per heavy atom. The first kappa shape index (κ1) is 94.3. The van der Waals surface area contributed by atoms with Gasteiger partial charge >= 0.3 is 6.03 Å². The van der Waals surface area contributed by atoms with E-state index in [4.69, 9.17) is 77.3 Å². The summed E-state index contributed by atoms with van der Waals surface area (Å²) < 4.78 is 60.0. The zero-order valence-corrected chi connectivity index (χ0v) is 83.3. The van der Waals surface area contributed by atoms with Crippen molar-refractivity contribution in [1.29, 1.82) is 0 Å². The monoisotopic (exact) mass is 1990 g/mol. The van der Waals surface area contributed by atoms with Gasteiger partial charge in [0.2, 0.25) is 5.75 Å². The Balaban J connectivity index is 0.000000106. The quantitative estimate of drug-likeness (QED) is 0.0342. The number of nitrogens with zero attached hydrogens (tertiary/aromatic N) is 10. The van der Waals surface area contributed by atoms with Gasteiger partial charge in [-0.2, -0.15) is 0 Å². The van der Waals surface area contributed by atoms with Crippen LogP contribution in [0, 0.1) is 11.6 Å². The molecule has 0 bridgehead atoms. The van der Waals surface area contributed by atoms with Crippen molar-refractivity contribution in [2.75, 3.05) is 83.0 Å². The Bertz CT molecular complexity index is 7650. The van der Waals surface area contributed by atoms with E-state index in [1.54, 1.807) is 94.6 Å². The molecule has 5 saturated heterocycles. The lowest BCUT2D eigenvalue weighted by Gasteiger charge is -2.37. The average Bonchev–Trinajstić information content (AvgIpc) is 1.59. The number of carbonyl (C=O) groups is 6. The molecule has 10 aliphatic rings. The van der Waals surface area contributed by atoms with Crippen LogP contribution in [0.4, 0.5) is 13.6 Å². The van der Waals surface area contributed by atoms with Crippen molar-refractivity contribution in [2.45, 2.75) is 113 Å². The zero-order chi connectivity index (χ0) is 99.5. The highest BCUT2D eigenvalue weighted by Crippen LogP contribution is 2.53. The van der Waals surface area contributed by atoms with Crippen molar-refractivity contribution in [1.82, 2.24) is 73.9 Å². The molecule has 10 aliphatic heterocycles. The lowest BCUT2D eigenvalue weighted by atomic mass is 9.88. The van der Waals surface area contributed by atoms with Crippen LogP contribution in [0.2, 0.25) is 0 Å². The number of amides is 7. The topological polar surface area (TPSA) is 269 Å². The Kier molecular flexibility index (Phi) is 25.2. The molecule has 5 N–H and O–H groups in total. The van der Waals surface area contributed by atoms with Crippen LogP contribution in [0.25, 0.3) is 54.5 Å². The standard InChI is InChI=1S/C24H25N3O4S.C24H25N3O3S.C22H21N3O3.2C20H16FN3OS/c1-5-26-23(28)17-12-15-14-8-6-7-9-16(14)25-20(15)21(27(17)24(26)32)13-10-18(29-2)22(31-4)19(11-13)30-3;1-29-13-5-12-26-23(28)20-14-18-17-6-3-4-7-19(17)25-21(18)22(27(20)24(26)31)15-8-10-16(30-2)11-9-15;1-3-24-21(26)18-12-16-15-6-4-5-7-17(15)23-19(16)20(25(18)22(24)27)13-8-10-14(28-2)11-9-13;1-23-19(25)16-10-14-13-7-2-3-8-15(13)22-17(14)18(24(16)20(23)26)11-5-4-6-12(21)9-11;1-23-19(25)16-10-14-13-4-2-3-5-15(13)22-17(14)18(24(16)20(23)26)11-6-8-12(21)9-7-11/h6-11,17,21,25H,5,12H2,1-4H3;3-4,6-11,20,22,25H,5,12-14H2,1-2H3;4-11,18,20,23H,3,12H2,1-2H3;2*2-9,16,18,22H,10H2,1H3. The van der Waals surface area contributed by atoms with E-state index in [0.717, 1.165) is 146 Å². The molecule has 0 radical (unpaired) electrons. The SMILES string of the molecule is CCN1C(=O)C2Cc3c([nH]c4ccccc34)C(c3cc(OC)c(OC)c(OC)c3)N2C1=S.CCN1C(=O)C2Cc3c([nH]c4ccccc34)C(c3ccc(OC)cc3)N2C1=O.CN1C(=O)C2Cc3c([nH]c4ccccc34)C(c3ccc(F)cc3)N2C1=S.CN1C(=O)C2Cc3c([nH]c4ccccc34)C(c3cccc(F)c3)N2C1=S.COCCCN1C(=O)C2Cc3c([nH]c4ccccc34)C(c3ccc(OC)cc3)N2C1=S. The fourth-order valence-corrected chi connectivity index (χ4v) is 24.4. The van der Waals surface area contributed by atoms with Crippen molar-refractivity contribution in [3.05, 3.63) is 326 Å². The summed E-state index contributed by atoms with van der Waals surface area (Å²) in [6.07, 6.45) is 3.74. The summed E-state index contributed by atoms with van der Waals surface area (Å²) in [5, 5.41) is 7.80. The number of hydrogen-bond donors (Lipinski definition) is 5. The number of halogens is 2. The van der Waals surface area contributed by atoms with Gasteiger partial charge in [-0.15, -0.1) is 0 Å². The predicted molar refractivity (Wildman–Crippen MR) is 557 cm³/mol. The smallest absolute Gasteiger partial charge is 0.328 e. The molecule has 10 unspecified atom stereocenters. The summed E-state index contributed by atoms with van der Waals surface area (Å²) >= 11 is 22.8. The highest BCUT2D eigenvalue weighted by atomic mass is 32.1. The Hall–Kier alpha value is -14.9. The van der Waals surface area contributed by atoms with Gasteiger partial charge in [-0.3, -0.25) is 53.4 Å². The van der Waals surface area contributed by atoms with Gasteiger partial charge in [0.25, 0.3) is 29.5 Å². The van der Waals surface area contributed by atoms with E-state index in [9.17, 15) is 37.5 Å². The number of urea groups is 1. The molecule has 5 fully saturated rings. The molecular weight excluding hydrogens is 1890 g/mol. The number of aromatic amines is 5. The number of fused-ring (bicyclic) bond motifs is 20. The number of methoxy groups -OCH3 is 6. The third kappa shape index (κ3) is 15.8. The van der Waals surface area contributed by atoms with Gasteiger partial charge in [-0.25, -0.2) is 13.6 Å². The van der Waals surface area contributed by atoms with E-state index < -0.39 is 6.04 Å². The number of likely N-dealkylation sites (N-methyl/N-ethyl adjacent to an activating group) is 4. The number of rotatable bonds is 16. The minimum absolute atomic E-state index is 0.00710. The lowest BCUT2D eigenvalue weighted by molar-refractivity contribution is -0.129. The Labute approximate surface area is 844 Å². The maximum Gasteiger partial charge on any atom is 0.328 e. The zero-order valence-electron chi connectivity index (χ0n) is 80.0. The van der Waals surface area contributed by atoms with Crippen LogP contribution in [0.5, 0.6) is 28.7 Å². The number of thiocarbonyl (C=S) groups is 4. The van der Waals surface area contributed by atoms with E-state index in [-0.39, 0.29) is 102 Å². The van der Waals surface area contributed by atoms with Gasteiger partial charge < -0.3 is 72.9 Å². The van der Waals surface area contributed by atoms with E-state index in [2.05, 4.69) is 89.3 Å². The first-order valence-corrected chi connectivity index (χ1v) is 49.2. The van der Waals surface area contributed by atoms with Gasteiger partial charge in [-0.05, 0) is 216 Å². The Morgan fingerprint density at radius 1 is 0.322 bits per heavy atom. The van der Waals surface area contributed by atoms with Crippen molar-refractivity contribution < 1.29 is 66.0 Å². The summed E-state index contributed by atoms with van der Waals surface area (Å²) in [5.74, 6) is 2.64. The third-order valence-corrected chi connectivity index (χ3v) is 31.3. The molecule has 7 amide bonds. The van der Waals surface area contributed by atoms with Crippen molar-refractivity contribution in [3.63, 3.8) is 0 Å². The van der Waals surface area contributed by atoms with Crippen LogP contribution in [0.3, 0.4) is 0 Å². The molecule has 728 valence electrons. The largest absolute Gasteiger partial charge is 0.497 e. The molecule has 10 atom stereocenters. The summed E-state index contributed by atoms with van der Waals surface area (Å²) in [7, 11) is 13.2. The third-order valence-electron chi connectivity index (χ3n) is 29.5. The number of nitrogens with one attached hydrogen (secondary N) is 5. The van der Waals surface area contributed by atoms with Crippen LogP contribution in [-0.4, -0.2) is 243 Å². The molecule has 0 spiro atoms. The molecule has 15 heterocycles. The normalized spacial score (nSPS) is 21.0. The number of para-hydroxylation sites is 5. The average molecular weight is 1990 g/mol. The number of ether oxygens (including phenoxy) is 6. The van der Waals surface area contributed by atoms with Crippen LogP contribution < -0.4 is 23.7 Å². The minimum Gasteiger partial charge on any atom is -0.497 e. The number of benzene rings is 10. The molecule has 0 saturated carbocycles. The number of hydrogen-bond acceptors (Lipinski definition) is 16. The molecular formula is C110H103F2N15O12S4. The van der Waals surface area contributed by atoms with E-state index >= 15 is 0 Å². The maximum absolute atomic E-state index is 14.0. The van der Waals surface area contributed by atoms with Gasteiger partial charge in [0.1, 0.15) is 59.4 Å². The molecule has 143 heavy (non-hydrogen) atoms. The summed E-state index contributed by atoms with van der Waals surface area (Å²) in [6.45, 7) is 5.89. The minimum atomic E-state index is -0.466. The van der Waals surface area contributed by atoms with Crippen LogP contribution >= 0.6 is 48.9 Å². The van der Waals surface area contributed by atoms with Gasteiger partial charge in [-0.1, -0.05) is 140 Å². The first-order valence-electron chi connectivity index (χ1n) is 47.6. The molecule has 15 aromatic rings. The maximum atomic E-state index is 14.0. The van der Waals surface area contributed by atoms with Crippen molar-refractivity contribution >= 4 is 159 Å². The van der Waals surface area contributed by atoms with E-state index in [0.29, 0.717) is 96.0 Å². The fraction of sp³-hybridized carbons (Fsp3) is 0.273. The molecule has 5 aromatic heterocycles. The first-order chi connectivity index (χ1) is 69.4.